The van der Waals surface area contributed by atoms with Crippen molar-refractivity contribution in [3.63, 3.8) is 0 Å². The summed E-state index contributed by atoms with van der Waals surface area (Å²) in [6.45, 7) is 6.44. The fourth-order valence-corrected chi connectivity index (χ4v) is 2.35. The maximum absolute atomic E-state index is 5.69. The predicted octanol–water partition coefficient (Wildman–Crippen LogP) is 2.05. The van der Waals surface area contributed by atoms with Crippen molar-refractivity contribution in [1.29, 1.82) is 0 Å². The number of nitrogens with zero attached hydrogens (tertiary/aromatic N) is 3. The first-order valence-electron chi connectivity index (χ1n) is 5.38. The topological polar surface area (TPSA) is 55.0 Å². The minimum Gasteiger partial charge on any atom is -0.382 e. The lowest BCUT2D eigenvalue weighted by Crippen LogP contribution is -2.24. The van der Waals surface area contributed by atoms with Crippen LogP contribution in [-0.4, -0.2) is 35.0 Å². The van der Waals surface area contributed by atoms with Gasteiger partial charge in [-0.3, -0.25) is 4.98 Å². The fourth-order valence-electron chi connectivity index (χ4n) is 2.35. The van der Waals surface area contributed by atoms with Gasteiger partial charge in [0.15, 0.2) is 0 Å². The second kappa shape index (κ2) is 6.38. The van der Waals surface area contributed by atoms with Crippen LogP contribution < -0.4 is 5.73 Å². The zero-order chi connectivity index (χ0) is 11.0. The van der Waals surface area contributed by atoms with Gasteiger partial charge in [-0.2, -0.15) is 0 Å². The van der Waals surface area contributed by atoms with E-state index in [2.05, 4.69) is 35.8 Å². The monoisotopic (exact) mass is 278 g/mol. The van der Waals surface area contributed by atoms with Crippen molar-refractivity contribution < 1.29 is 0 Å². The summed E-state index contributed by atoms with van der Waals surface area (Å²) in [5, 5.41) is 0. The first-order valence-corrected chi connectivity index (χ1v) is 5.38. The van der Waals surface area contributed by atoms with Crippen LogP contribution in [0.4, 0.5) is 5.82 Å². The van der Waals surface area contributed by atoms with Crippen molar-refractivity contribution in [2.45, 2.75) is 25.7 Å². The van der Waals surface area contributed by atoms with Crippen molar-refractivity contribution >= 4 is 30.6 Å². The van der Waals surface area contributed by atoms with Crippen LogP contribution in [0.15, 0.2) is 6.20 Å². The third-order valence-electron chi connectivity index (χ3n) is 2.95. The van der Waals surface area contributed by atoms with Crippen molar-refractivity contribution in [3.8, 4) is 0 Å². The van der Waals surface area contributed by atoms with Crippen LogP contribution in [0.3, 0.4) is 0 Å². The molecule has 2 heterocycles. The van der Waals surface area contributed by atoms with Gasteiger partial charge in [-0.25, -0.2) is 4.98 Å². The maximum atomic E-state index is 5.69. The number of hydrogen-bond acceptors (Lipinski definition) is 4. The van der Waals surface area contributed by atoms with Crippen LogP contribution in [0, 0.1) is 0 Å². The molecule has 0 aromatic carbocycles. The Morgan fingerprint density at radius 1 is 1.18 bits per heavy atom. The van der Waals surface area contributed by atoms with E-state index in [0.29, 0.717) is 17.7 Å². The minimum atomic E-state index is 0. The molecule has 2 rings (SSSR count). The molecule has 2 atom stereocenters. The summed E-state index contributed by atoms with van der Waals surface area (Å²) in [6, 6.07) is 0. The van der Waals surface area contributed by atoms with Gasteiger partial charge in [0.25, 0.3) is 0 Å². The summed E-state index contributed by atoms with van der Waals surface area (Å²) in [4.78, 5) is 11.2. The molecule has 4 nitrogen and oxygen atoms in total. The van der Waals surface area contributed by atoms with Crippen LogP contribution in [0.2, 0.25) is 0 Å². The van der Waals surface area contributed by atoms with E-state index in [4.69, 9.17) is 5.73 Å². The number of nitrogen functional groups attached to an aromatic ring is 1. The molecule has 1 aromatic heterocycles. The highest BCUT2D eigenvalue weighted by atomic mass is 35.5. The second-order valence-electron chi connectivity index (χ2n) is 4.59. The standard InChI is InChI=1S/C11H18N4.2ClH/c1-7-5-15(3)6-8(2)11-10(7)13-4-9(12)14-11;;/h4,7-8H,5-6H2,1-3H3,(H2,12,14);2*1H. The van der Waals surface area contributed by atoms with Crippen LogP contribution in [0.1, 0.15) is 37.1 Å². The summed E-state index contributed by atoms with van der Waals surface area (Å²) in [5.74, 6) is 1.37. The Balaban J connectivity index is 0.00000128. The quantitative estimate of drug-likeness (QED) is 0.789. The zero-order valence-electron chi connectivity index (χ0n) is 10.4. The van der Waals surface area contributed by atoms with E-state index in [1.165, 1.54) is 0 Å². The van der Waals surface area contributed by atoms with Crippen molar-refractivity contribution in [1.82, 2.24) is 14.9 Å². The smallest absolute Gasteiger partial charge is 0.142 e. The van der Waals surface area contributed by atoms with Gasteiger partial charge in [-0.15, -0.1) is 24.8 Å². The molecule has 2 N–H and O–H groups in total. The summed E-state index contributed by atoms with van der Waals surface area (Å²) in [5.41, 5.74) is 7.88. The Kier molecular flexibility index (Phi) is 6.16. The molecule has 2 unspecified atom stereocenters. The van der Waals surface area contributed by atoms with E-state index < -0.39 is 0 Å². The van der Waals surface area contributed by atoms with Gasteiger partial charge < -0.3 is 10.6 Å². The summed E-state index contributed by atoms with van der Waals surface area (Å²) in [6.07, 6.45) is 1.66. The molecule has 1 aliphatic rings. The number of rotatable bonds is 0. The average Bonchev–Trinajstić information content (AvgIpc) is 2.25. The van der Waals surface area contributed by atoms with Gasteiger partial charge in [0, 0.05) is 24.9 Å². The van der Waals surface area contributed by atoms with Crippen molar-refractivity contribution in [2.75, 3.05) is 25.9 Å². The minimum absolute atomic E-state index is 0. The Labute approximate surface area is 115 Å². The second-order valence-corrected chi connectivity index (χ2v) is 4.59. The molecule has 0 fully saturated rings. The number of anilines is 1. The highest BCUT2D eigenvalue weighted by Gasteiger charge is 2.25. The molecule has 0 aliphatic carbocycles. The fraction of sp³-hybridized carbons (Fsp3) is 0.636. The van der Waals surface area contributed by atoms with Gasteiger partial charge in [0.05, 0.1) is 17.6 Å². The molecule has 0 saturated heterocycles. The van der Waals surface area contributed by atoms with Crippen LogP contribution in [-0.2, 0) is 0 Å². The van der Waals surface area contributed by atoms with E-state index in [9.17, 15) is 0 Å². The molecule has 6 heteroatoms. The van der Waals surface area contributed by atoms with Gasteiger partial charge in [-0.1, -0.05) is 13.8 Å². The predicted molar refractivity (Wildman–Crippen MR) is 75.3 cm³/mol. The summed E-state index contributed by atoms with van der Waals surface area (Å²) >= 11 is 0. The number of halogens is 2. The molecule has 0 bridgehead atoms. The van der Waals surface area contributed by atoms with E-state index in [1.54, 1.807) is 6.20 Å². The normalized spacial score (nSPS) is 23.9. The number of aromatic nitrogens is 2. The van der Waals surface area contributed by atoms with E-state index >= 15 is 0 Å². The maximum Gasteiger partial charge on any atom is 0.142 e. The SMILES string of the molecule is CC1CN(C)CC(C)c2nc(N)cnc21.Cl.Cl. The highest BCUT2D eigenvalue weighted by Crippen LogP contribution is 2.28. The molecule has 0 spiro atoms. The Bertz CT molecular complexity index is 372. The van der Waals surface area contributed by atoms with E-state index in [1.807, 2.05) is 0 Å². The number of hydrogen-bond donors (Lipinski definition) is 1. The molecule has 1 aliphatic heterocycles. The zero-order valence-corrected chi connectivity index (χ0v) is 12.0. The lowest BCUT2D eigenvalue weighted by molar-refractivity contribution is 0.313. The van der Waals surface area contributed by atoms with E-state index in [0.717, 1.165) is 24.5 Å². The van der Waals surface area contributed by atoms with E-state index in [-0.39, 0.29) is 24.8 Å². The molecular weight excluding hydrogens is 259 g/mol. The van der Waals surface area contributed by atoms with Gasteiger partial charge in [0.2, 0.25) is 0 Å². The molecule has 0 saturated carbocycles. The molecule has 98 valence electrons. The molecule has 17 heavy (non-hydrogen) atoms. The lowest BCUT2D eigenvalue weighted by atomic mass is 10.0. The Morgan fingerprint density at radius 2 is 1.71 bits per heavy atom. The third kappa shape index (κ3) is 3.44. The summed E-state index contributed by atoms with van der Waals surface area (Å²) < 4.78 is 0. The first-order chi connectivity index (χ1) is 7.08. The highest BCUT2D eigenvalue weighted by molar-refractivity contribution is 5.85. The number of nitrogens with two attached hydrogens (primary N) is 1. The van der Waals surface area contributed by atoms with Crippen molar-refractivity contribution in [3.05, 3.63) is 17.6 Å². The van der Waals surface area contributed by atoms with Gasteiger partial charge in [-0.05, 0) is 7.05 Å². The molecule has 0 amide bonds. The number of fused-ring (bicyclic) bond motifs is 1. The molecular formula is C11H20Cl2N4. The largest absolute Gasteiger partial charge is 0.382 e. The average molecular weight is 279 g/mol. The van der Waals surface area contributed by atoms with Crippen LogP contribution in [0.5, 0.6) is 0 Å². The van der Waals surface area contributed by atoms with Crippen molar-refractivity contribution in [2.24, 2.45) is 0 Å². The van der Waals surface area contributed by atoms with Gasteiger partial charge >= 0.3 is 0 Å². The third-order valence-corrected chi connectivity index (χ3v) is 2.95. The first kappa shape index (κ1) is 16.4. The van der Waals surface area contributed by atoms with Gasteiger partial charge in [0.1, 0.15) is 5.82 Å². The van der Waals surface area contributed by atoms with Crippen LogP contribution in [0.25, 0.3) is 0 Å². The summed E-state index contributed by atoms with van der Waals surface area (Å²) in [7, 11) is 2.14. The number of likely N-dealkylation sites (N-methyl/N-ethyl adjacent to an activating group) is 1. The molecule has 0 radical (unpaired) electrons. The Morgan fingerprint density at radius 3 is 2.29 bits per heavy atom. The lowest BCUT2D eigenvalue weighted by Gasteiger charge is -2.17. The van der Waals surface area contributed by atoms with Crippen LogP contribution >= 0.6 is 24.8 Å². The molecule has 1 aromatic rings. The Hall–Kier alpha value is -0.580.